The zero-order valence-corrected chi connectivity index (χ0v) is 16.3. The highest BCUT2D eigenvalue weighted by Crippen LogP contribution is 2.27. The second-order valence-corrected chi connectivity index (χ2v) is 6.87. The maximum Gasteiger partial charge on any atom is 0.387 e. The highest BCUT2D eigenvalue weighted by atomic mass is 32.1. The van der Waals surface area contributed by atoms with Crippen LogP contribution in [0, 0.1) is 4.77 Å². The van der Waals surface area contributed by atoms with Crippen LogP contribution in [0.1, 0.15) is 37.1 Å². The fourth-order valence-electron chi connectivity index (χ4n) is 3.39. The van der Waals surface area contributed by atoms with Gasteiger partial charge in [-0.1, -0.05) is 18.2 Å². The average molecular weight is 408 g/mol. The van der Waals surface area contributed by atoms with E-state index in [1.807, 2.05) is 11.5 Å². The van der Waals surface area contributed by atoms with Gasteiger partial charge in [-0.3, -0.25) is 9.89 Å². The molecule has 1 aliphatic heterocycles. The molecule has 0 radical (unpaired) electrons. The quantitative estimate of drug-likeness (QED) is 0.580. The number of hydrogen-bond donors (Lipinski definition) is 1. The van der Waals surface area contributed by atoms with Gasteiger partial charge in [0.1, 0.15) is 11.6 Å². The Bertz CT molecular complexity index is 901. The molecule has 1 N–H and O–H groups in total. The minimum atomic E-state index is -2.91. The highest BCUT2D eigenvalue weighted by Gasteiger charge is 2.26. The summed E-state index contributed by atoms with van der Waals surface area (Å²) in [5, 5.41) is 7.18. The van der Waals surface area contributed by atoms with Gasteiger partial charge in [0.25, 0.3) is 0 Å². The molecule has 2 aromatic rings. The molecular formula is C19H22F2N4O2S. The van der Waals surface area contributed by atoms with Gasteiger partial charge in [0.15, 0.2) is 4.77 Å². The Morgan fingerprint density at radius 3 is 2.79 bits per heavy atom. The summed E-state index contributed by atoms with van der Waals surface area (Å²) in [5.74, 6) is 1.08. The number of aromatic nitrogens is 3. The minimum Gasteiger partial charge on any atom is -0.434 e. The lowest BCUT2D eigenvalue weighted by Crippen LogP contribution is -2.37. The molecule has 1 amide bonds. The number of carbonyl (C=O) groups excluding carboxylic acids is 1. The number of aromatic amines is 1. The number of halogens is 2. The SMILES string of the molecule is CCn1c(C2CCN(C(=O)/C=C/c3ccccc3OC(F)F)CC2)n[nH]c1=S. The van der Waals surface area contributed by atoms with E-state index >= 15 is 0 Å². The van der Waals surface area contributed by atoms with Gasteiger partial charge in [0.05, 0.1) is 0 Å². The summed E-state index contributed by atoms with van der Waals surface area (Å²) in [6.07, 6.45) is 4.50. The van der Waals surface area contributed by atoms with Crippen LogP contribution in [0.15, 0.2) is 30.3 Å². The number of alkyl halides is 2. The van der Waals surface area contributed by atoms with Crippen molar-refractivity contribution in [2.75, 3.05) is 13.1 Å². The Kier molecular flexibility index (Phi) is 6.56. The maximum absolute atomic E-state index is 12.5. The van der Waals surface area contributed by atoms with Gasteiger partial charge in [-0.15, -0.1) is 0 Å². The van der Waals surface area contributed by atoms with Crippen molar-refractivity contribution >= 4 is 24.2 Å². The van der Waals surface area contributed by atoms with Crippen molar-refractivity contribution in [1.29, 1.82) is 0 Å². The first-order chi connectivity index (χ1) is 13.5. The third kappa shape index (κ3) is 4.64. The van der Waals surface area contributed by atoms with Gasteiger partial charge in [-0.05, 0) is 44.1 Å². The number of carbonyl (C=O) groups is 1. The van der Waals surface area contributed by atoms with E-state index in [4.69, 9.17) is 12.2 Å². The molecule has 0 aliphatic carbocycles. The lowest BCUT2D eigenvalue weighted by atomic mass is 9.96. The van der Waals surface area contributed by atoms with Gasteiger partial charge in [0.2, 0.25) is 5.91 Å². The van der Waals surface area contributed by atoms with Gasteiger partial charge < -0.3 is 14.2 Å². The number of nitrogens with one attached hydrogen (secondary N) is 1. The highest BCUT2D eigenvalue weighted by molar-refractivity contribution is 7.71. The Labute approximate surface area is 166 Å². The molecule has 1 fully saturated rings. The average Bonchev–Trinajstić information content (AvgIpc) is 3.07. The van der Waals surface area contributed by atoms with Crippen LogP contribution in [0.5, 0.6) is 5.75 Å². The maximum atomic E-state index is 12.5. The summed E-state index contributed by atoms with van der Waals surface area (Å²) in [4.78, 5) is 14.2. The smallest absolute Gasteiger partial charge is 0.387 e. The van der Waals surface area contributed by atoms with E-state index in [1.54, 1.807) is 23.1 Å². The summed E-state index contributed by atoms with van der Waals surface area (Å²) in [7, 11) is 0. The molecule has 0 unspecified atom stereocenters. The molecule has 0 saturated carbocycles. The predicted octanol–water partition coefficient (Wildman–Crippen LogP) is 3.98. The number of benzene rings is 1. The Morgan fingerprint density at radius 1 is 1.39 bits per heavy atom. The zero-order chi connectivity index (χ0) is 20.1. The molecule has 0 atom stereocenters. The molecule has 2 heterocycles. The number of para-hydroxylation sites is 1. The van der Waals surface area contributed by atoms with Crippen LogP contribution in [0.25, 0.3) is 6.08 Å². The van der Waals surface area contributed by atoms with Gasteiger partial charge >= 0.3 is 6.61 Å². The number of H-pyrrole nitrogens is 1. The minimum absolute atomic E-state index is 0.0441. The number of amides is 1. The molecule has 1 saturated heterocycles. The molecule has 1 aromatic carbocycles. The van der Waals surface area contributed by atoms with Crippen molar-refractivity contribution < 1.29 is 18.3 Å². The molecular weight excluding hydrogens is 386 g/mol. The summed E-state index contributed by atoms with van der Waals surface area (Å²) in [6, 6.07) is 6.38. The second-order valence-electron chi connectivity index (χ2n) is 6.48. The fourth-order valence-corrected chi connectivity index (χ4v) is 3.66. The van der Waals surface area contributed by atoms with Gasteiger partial charge in [-0.2, -0.15) is 13.9 Å². The fraction of sp³-hybridized carbons (Fsp3) is 0.421. The van der Waals surface area contributed by atoms with Crippen LogP contribution in [-0.2, 0) is 11.3 Å². The van der Waals surface area contributed by atoms with E-state index in [-0.39, 0.29) is 17.6 Å². The van der Waals surface area contributed by atoms with Crippen molar-refractivity contribution in [3.8, 4) is 5.75 Å². The number of likely N-dealkylation sites (tertiary alicyclic amines) is 1. The molecule has 3 rings (SSSR count). The van der Waals surface area contributed by atoms with E-state index in [0.717, 1.165) is 25.2 Å². The third-order valence-corrected chi connectivity index (χ3v) is 5.13. The van der Waals surface area contributed by atoms with Crippen LogP contribution < -0.4 is 4.74 Å². The zero-order valence-electron chi connectivity index (χ0n) is 15.5. The van der Waals surface area contributed by atoms with Crippen LogP contribution in [0.4, 0.5) is 8.78 Å². The summed E-state index contributed by atoms with van der Waals surface area (Å²) < 4.78 is 32.0. The van der Waals surface area contributed by atoms with Crippen molar-refractivity contribution in [1.82, 2.24) is 19.7 Å². The van der Waals surface area contributed by atoms with Gasteiger partial charge in [0, 0.05) is 37.2 Å². The third-order valence-electron chi connectivity index (χ3n) is 4.82. The first-order valence-electron chi connectivity index (χ1n) is 9.15. The predicted molar refractivity (Wildman–Crippen MR) is 104 cm³/mol. The van der Waals surface area contributed by atoms with Gasteiger partial charge in [-0.25, -0.2) is 0 Å². The van der Waals surface area contributed by atoms with Crippen molar-refractivity contribution in [3.05, 3.63) is 46.5 Å². The van der Waals surface area contributed by atoms with E-state index in [1.165, 1.54) is 18.2 Å². The van der Waals surface area contributed by atoms with Crippen molar-refractivity contribution in [2.24, 2.45) is 0 Å². The molecule has 1 aromatic heterocycles. The van der Waals surface area contributed by atoms with E-state index in [2.05, 4.69) is 14.9 Å². The monoisotopic (exact) mass is 408 g/mol. The van der Waals surface area contributed by atoms with Crippen molar-refractivity contribution in [2.45, 2.75) is 38.8 Å². The van der Waals surface area contributed by atoms with Crippen LogP contribution in [0.2, 0.25) is 0 Å². The molecule has 6 nitrogen and oxygen atoms in total. The number of hydrogen-bond acceptors (Lipinski definition) is 4. The van der Waals surface area contributed by atoms with Crippen molar-refractivity contribution in [3.63, 3.8) is 0 Å². The molecule has 28 heavy (non-hydrogen) atoms. The van der Waals surface area contributed by atoms with E-state index < -0.39 is 6.61 Å². The Hall–Kier alpha value is -2.55. The Morgan fingerprint density at radius 2 is 2.11 bits per heavy atom. The Balaban J connectivity index is 1.61. The van der Waals surface area contributed by atoms with E-state index in [0.29, 0.717) is 23.4 Å². The number of ether oxygens (including phenoxy) is 1. The second kappa shape index (κ2) is 9.09. The first-order valence-corrected chi connectivity index (χ1v) is 9.56. The largest absolute Gasteiger partial charge is 0.434 e. The normalized spacial score (nSPS) is 15.5. The first kappa shape index (κ1) is 20.2. The standard InChI is InChI=1S/C19H22F2N4O2S/c1-2-25-17(22-23-19(25)28)14-9-11-24(12-10-14)16(26)8-7-13-5-3-4-6-15(13)27-18(20)21/h3-8,14,18H,2,9-12H2,1H3,(H,23,28)/b8-7+. The number of nitrogens with zero attached hydrogens (tertiary/aromatic N) is 3. The lowest BCUT2D eigenvalue weighted by Gasteiger charge is -2.31. The molecule has 9 heteroatoms. The number of piperidine rings is 1. The van der Waals surface area contributed by atoms with E-state index in [9.17, 15) is 13.6 Å². The molecule has 150 valence electrons. The van der Waals surface area contributed by atoms with Crippen LogP contribution in [-0.4, -0.2) is 45.3 Å². The lowest BCUT2D eigenvalue weighted by molar-refractivity contribution is -0.127. The summed E-state index contributed by atoms with van der Waals surface area (Å²) in [6.45, 7) is 1.08. The summed E-state index contributed by atoms with van der Waals surface area (Å²) >= 11 is 5.24. The topological polar surface area (TPSA) is 63.1 Å². The number of rotatable bonds is 6. The van der Waals surface area contributed by atoms with Crippen LogP contribution >= 0.6 is 12.2 Å². The molecule has 0 spiro atoms. The molecule has 1 aliphatic rings. The molecule has 0 bridgehead atoms. The van der Waals surface area contributed by atoms with Crippen LogP contribution in [0.3, 0.4) is 0 Å². The summed E-state index contributed by atoms with van der Waals surface area (Å²) in [5.41, 5.74) is 0.435.